The molecule has 0 atom stereocenters. The number of aryl methyl sites for hydroxylation is 1. The summed E-state index contributed by atoms with van der Waals surface area (Å²) in [4.78, 5) is 23.5. The van der Waals surface area contributed by atoms with Crippen molar-refractivity contribution in [3.05, 3.63) is 87.2 Å². The molecule has 0 N–H and O–H groups in total. The summed E-state index contributed by atoms with van der Waals surface area (Å²) in [7, 11) is 0. The molecule has 0 unspecified atom stereocenters. The van der Waals surface area contributed by atoms with Crippen LogP contribution in [0.3, 0.4) is 0 Å². The van der Waals surface area contributed by atoms with Crippen LogP contribution >= 0.6 is 0 Å². The molecule has 1 saturated heterocycles. The maximum atomic E-state index is 12.2. The zero-order chi connectivity index (χ0) is 21.1. The van der Waals surface area contributed by atoms with Crippen LogP contribution < -0.4 is 5.56 Å². The highest BCUT2D eigenvalue weighted by Crippen LogP contribution is 2.20. The first-order valence-corrected chi connectivity index (χ1v) is 10.1. The number of para-hydroxylation sites is 1. The Kier molecular flexibility index (Phi) is 5.93. The number of carbonyl (C=O) groups is 1. The summed E-state index contributed by atoms with van der Waals surface area (Å²) in [5, 5.41) is 1.06. The standard InChI is InChI=1S/C14H15NO3.C11H10O/c1-10-8-11-4-2-3-5-12(11)15(14(10)16)9-13-17-6-7-18-13;1-8-6-9-4-2-3-5-10(9)7-11(8)12/h2-5,8,13H,6-7,9H2,1H3;2-6H,7H2,1H3. The first-order valence-electron chi connectivity index (χ1n) is 10.1. The highest BCUT2D eigenvalue weighted by Gasteiger charge is 2.18. The van der Waals surface area contributed by atoms with E-state index in [1.54, 1.807) is 4.57 Å². The van der Waals surface area contributed by atoms with Gasteiger partial charge in [-0.1, -0.05) is 42.5 Å². The first kappa shape index (κ1) is 20.3. The van der Waals surface area contributed by atoms with E-state index in [0.717, 1.165) is 27.6 Å². The molecular formula is C25H25NO4. The summed E-state index contributed by atoms with van der Waals surface area (Å²) in [6.45, 7) is 5.35. The van der Waals surface area contributed by atoms with Gasteiger partial charge < -0.3 is 14.0 Å². The molecule has 5 heteroatoms. The van der Waals surface area contributed by atoms with Gasteiger partial charge in [0.2, 0.25) is 0 Å². The van der Waals surface area contributed by atoms with Crippen LogP contribution in [-0.4, -0.2) is 29.9 Å². The number of benzene rings is 2. The Morgan fingerprint density at radius 2 is 1.67 bits per heavy atom. The van der Waals surface area contributed by atoms with Crippen molar-refractivity contribution in [2.75, 3.05) is 13.2 Å². The molecule has 0 amide bonds. The molecule has 2 heterocycles. The molecular weight excluding hydrogens is 378 g/mol. The molecule has 0 spiro atoms. The van der Waals surface area contributed by atoms with E-state index >= 15 is 0 Å². The Bertz CT molecular complexity index is 1170. The van der Waals surface area contributed by atoms with Crippen molar-refractivity contribution in [1.29, 1.82) is 0 Å². The quantitative estimate of drug-likeness (QED) is 0.651. The fraction of sp³-hybridized carbons (Fsp3) is 0.280. The van der Waals surface area contributed by atoms with E-state index in [9.17, 15) is 9.59 Å². The number of hydrogen-bond acceptors (Lipinski definition) is 4. The van der Waals surface area contributed by atoms with Crippen molar-refractivity contribution in [1.82, 2.24) is 4.57 Å². The second kappa shape index (κ2) is 8.78. The summed E-state index contributed by atoms with van der Waals surface area (Å²) < 4.78 is 12.6. The summed E-state index contributed by atoms with van der Waals surface area (Å²) in [5.41, 5.74) is 4.89. The maximum Gasteiger partial charge on any atom is 0.254 e. The Balaban J connectivity index is 0.000000158. The molecule has 5 nitrogen and oxygen atoms in total. The third-order valence-corrected chi connectivity index (χ3v) is 5.42. The number of nitrogens with zero attached hydrogens (tertiary/aromatic N) is 1. The van der Waals surface area contributed by atoms with Crippen molar-refractivity contribution < 1.29 is 14.3 Å². The summed E-state index contributed by atoms with van der Waals surface area (Å²) in [5.74, 6) is 0.244. The number of ether oxygens (including phenoxy) is 2. The van der Waals surface area contributed by atoms with Gasteiger partial charge in [-0.25, -0.2) is 0 Å². The highest BCUT2D eigenvalue weighted by molar-refractivity contribution is 6.03. The van der Waals surface area contributed by atoms with Crippen molar-refractivity contribution in [3.63, 3.8) is 0 Å². The predicted octanol–water partition coefficient (Wildman–Crippen LogP) is 3.90. The van der Waals surface area contributed by atoms with Crippen molar-refractivity contribution >= 4 is 22.8 Å². The summed E-state index contributed by atoms with van der Waals surface area (Å²) in [6, 6.07) is 17.8. The monoisotopic (exact) mass is 403 g/mol. The molecule has 2 aromatic carbocycles. The second-order valence-electron chi connectivity index (χ2n) is 7.60. The number of aromatic nitrogens is 1. The molecule has 0 saturated carbocycles. The number of ketones is 1. The van der Waals surface area contributed by atoms with Gasteiger partial charge in [0.15, 0.2) is 12.1 Å². The van der Waals surface area contributed by atoms with E-state index < -0.39 is 0 Å². The fourth-order valence-electron chi connectivity index (χ4n) is 3.78. The number of hydrogen-bond donors (Lipinski definition) is 0. The number of allylic oxidation sites excluding steroid dienone is 1. The smallest absolute Gasteiger partial charge is 0.254 e. The average Bonchev–Trinajstić information content (AvgIpc) is 3.26. The zero-order valence-electron chi connectivity index (χ0n) is 17.3. The number of pyridine rings is 1. The third kappa shape index (κ3) is 4.27. The van der Waals surface area contributed by atoms with E-state index in [1.165, 1.54) is 5.56 Å². The van der Waals surface area contributed by atoms with E-state index in [2.05, 4.69) is 0 Å². The van der Waals surface area contributed by atoms with Crippen LogP contribution in [0.25, 0.3) is 17.0 Å². The van der Waals surface area contributed by atoms with Crippen LogP contribution in [0.5, 0.6) is 0 Å². The SMILES string of the molecule is CC1=Cc2ccccc2CC1=O.Cc1cc2ccccc2n(CC2OCCO2)c1=O. The minimum absolute atomic E-state index is 0.0211. The van der Waals surface area contributed by atoms with Gasteiger partial charge >= 0.3 is 0 Å². The minimum Gasteiger partial charge on any atom is -0.348 e. The molecule has 1 aromatic heterocycles. The first-order chi connectivity index (χ1) is 14.5. The van der Waals surface area contributed by atoms with Crippen LogP contribution in [0.1, 0.15) is 23.6 Å². The Hall–Kier alpha value is -3.02. The zero-order valence-corrected chi connectivity index (χ0v) is 17.3. The van der Waals surface area contributed by atoms with Crippen LogP contribution in [0, 0.1) is 6.92 Å². The van der Waals surface area contributed by atoms with Gasteiger partial charge in [-0.2, -0.15) is 0 Å². The normalized spacial score (nSPS) is 16.1. The second-order valence-corrected chi connectivity index (χ2v) is 7.60. The molecule has 2 aliphatic rings. The lowest BCUT2D eigenvalue weighted by Gasteiger charge is -2.15. The van der Waals surface area contributed by atoms with Gasteiger partial charge in [0.05, 0.1) is 25.3 Å². The summed E-state index contributed by atoms with van der Waals surface area (Å²) >= 11 is 0. The molecule has 30 heavy (non-hydrogen) atoms. The minimum atomic E-state index is -0.312. The Morgan fingerprint density at radius 1 is 0.967 bits per heavy atom. The van der Waals surface area contributed by atoms with Crippen LogP contribution in [-0.2, 0) is 27.2 Å². The molecule has 1 fully saturated rings. The van der Waals surface area contributed by atoms with Crippen molar-refractivity contribution in [3.8, 4) is 0 Å². The summed E-state index contributed by atoms with van der Waals surface area (Å²) in [6.07, 6.45) is 2.22. The predicted molar refractivity (Wildman–Crippen MR) is 117 cm³/mol. The molecule has 5 rings (SSSR count). The van der Waals surface area contributed by atoms with Crippen LogP contribution in [0.15, 0.2) is 65.0 Å². The van der Waals surface area contributed by atoms with Gasteiger partial charge in [-0.3, -0.25) is 9.59 Å². The highest BCUT2D eigenvalue weighted by atomic mass is 16.7. The van der Waals surface area contributed by atoms with Crippen LogP contribution in [0.2, 0.25) is 0 Å². The van der Waals surface area contributed by atoms with Crippen molar-refractivity contribution in [2.24, 2.45) is 0 Å². The number of rotatable bonds is 2. The van der Waals surface area contributed by atoms with E-state index in [4.69, 9.17) is 9.47 Å². The Labute approximate surface area is 175 Å². The lowest BCUT2D eigenvalue weighted by molar-refractivity contribution is -0.114. The Morgan fingerprint density at radius 3 is 2.47 bits per heavy atom. The molecule has 0 bridgehead atoms. The molecule has 0 radical (unpaired) electrons. The van der Waals surface area contributed by atoms with Gasteiger partial charge in [0, 0.05) is 12.0 Å². The van der Waals surface area contributed by atoms with Crippen LogP contribution in [0.4, 0.5) is 0 Å². The van der Waals surface area contributed by atoms with Gasteiger partial charge in [-0.15, -0.1) is 0 Å². The average molecular weight is 403 g/mol. The largest absolute Gasteiger partial charge is 0.348 e. The molecule has 3 aromatic rings. The van der Waals surface area contributed by atoms with Gasteiger partial charge in [0.25, 0.3) is 5.56 Å². The third-order valence-electron chi connectivity index (χ3n) is 5.42. The topological polar surface area (TPSA) is 57.5 Å². The molecule has 1 aliphatic carbocycles. The number of Topliss-reactive ketones (excluding diaryl/α,β-unsaturated/α-hetero) is 1. The van der Waals surface area contributed by atoms with Gasteiger partial charge in [0.1, 0.15) is 0 Å². The molecule has 154 valence electrons. The van der Waals surface area contributed by atoms with Crippen molar-refractivity contribution in [2.45, 2.75) is 33.1 Å². The van der Waals surface area contributed by atoms with E-state index in [-0.39, 0.29) is 17.6 Å². The number of carbonyl (C=O) groups excluding carboxylic acids is 1. The number of fused-ring (bicyclic) bond motifs is 2. The molecule has 1 aliphatic heterocycles. The van der Waals surface area contributed by atoms with E-state index in [1.807, 2.05) is 74.5 Å². The fourth-order valence-corrected chi connectivity index (χ4v) is 3.78. The van der Waals surface area contributed by atoms with E-state index in [0.29, 0.717) is 26.2 Å². The lowest BCUT2D eigenvalue weighted by Crippen LogP contribution is -2.28. The maximum absolute atomic E-state index is 12.2. The van der Waals surface area contributed by atoms with Gasteiger partial charge in [-0.05, 0) is 54.1 Å². The lowest BCUT2D eigenvalue weighted by atomic mass is 9.92.